The average molecular weight is 319 g/mol. The summed E-state index contributed by atoms with van der Waals surface area (Å²) < 4.78 is 6.43. The van der Waals surface area contributed by atoms with Crippen LogP contribution in [0, 0.1) is 46.8 Å². The Balaban J connectivity index is 1.62. The Morgan fingerprint density at radius 1 is 1.13 bits per heavy atom. The van der Waals surface area contributed by atoms with Crippen LogP contribution in [-0.2, 0) is 9.53 Å². The minimum atomic E-state index is -0.349. The highest BCUT2D eigenvalue weighted by Gasteiger charge is 2.69. The van der Waals surface area contributed by atoms with Crippen LogP contribution in [-0.4, -0.2) is 11.6 Å². The maximum Gasteiger partial charge on any atom is 0.312 e. The smallest absolute Gasteiger partial charge is 0.312 e. The number of hydrogen-bond donors (Lipinski definition) is 0. The van der Waals surface area contributed by atoms with Crippen LogP contribution in [0.2, 0.25) is 0 Å². The summed E-state index contributed by atoms with van der Waals surface area (Å²) in [6, 6.07) is 0. The van der Waals surface area contributed by atoms with Crippen molar-refractivity contribution >= 4 is 5.97 Å². The molecule has 0 radical (unpaired) electrons. The third kappa shape index (κ3) is 2.02. The predicted molar refractivity (Wildman–Crippen MR) is 91.8 cm³/mol. The van der Waals surface area contributed by atoms with Crippen molar-refractivity contribution in [1.29, 1.82) is 0 Å². The highest BCUT2D eigenvalue weighted by atomic mass is 16.6. The first-order valence-corrected chi connectivity index (χ1v) is 10.0. The van der Waals surface area contributed by atoms with E-state index >= 15 is 0 Å². The average Bonchev–Trinajstić information content (AvgIpc) is 3.24. The number of carbonyl (C=O) groups excluding carboxylic acids is 1. The van der Waals surface area contributed by atoms with Gasteiger partial charge in [-0.3, -0.25) is 4.79 Å². The van der Waals surface area contributed by atoms with Crippen LogP contribution in [0.4, 0.5) is 0 Å². The number of hydrogen-bond acceptors (Lipinski definition) is 2. The lowest BCUT2D eigenvalue weighted by Crippen LogP contribution is -2.52. The minimum Gasteiger partial charge on any atom is -0.458 e. The van der Waals surface area contributed by atoms with Gasteiger partial charge in [-0.2, -0.15) is 0 Å². The second-order valence-electron chi connectivity index (χ2n) is 10.0. The highest BCUT2D eigenvalue weighted by Crippen LogP contribution is 2.71. The summed E-state index contributed by atoms with van der Waals surface area (Å²) in [7, 11) is 0. The summed E-state index contributed by atoms with van der Waals surface area (Å²) in [5, 5.41) is 0. The number of rotatable bonds is 4. The van der Waals surface area contributed by atoms with Crippen LogP contribution in [0.3, 0.4) is 0 Å². The molecule has 4 saturated carbocycles. The lowest BCUT2D eigenvalue weighted by Gasteiger charge is -2.49. The Labute approximate surface area is 141 Å². The summed E-state index contributed by atoms with van der Waals surface area (Å²) in [5.41, 5.74) is -0.516. The first-order chi connectivity index (χ1) is 10.8. The molecule has 2 nitrogen and oxygen atoms in total. The molecule has 0 aromatic carbocycles. The molecule has 130 valence electrons. The standard InChI is InChI=1S/C21H34O2/c1-6-20(4,5)19(22)23-21(12(2)3)11-15-10-16(21)18-14-8-7-13(9-14)17(15)18/h12-18H,6-11H2,1-5H3. The van der Waals surface area contributed by atoms with E-state index in [-0.39, 0.29) is 17.0 Å². The van der Waals surface area contributed by atoms with Crippen LogP contribution in [0.15, 0.2) is 0 Å². The van der Waals surface area contributed by atoms with Gasteiger partial charge in [-0.05, 0) is 87.9 Å². The highest BCUT2D eigenvalue weighted by molar-refractivity contribution is 5.76. The van der Waals surface area contributed by atoms with Crippen molar-refractivity contribution in [1.82, 2.24) is 0 Å². The van der Waals surface area contributed by atoms with Gasteiger partial charge >= 0.3 is 5.97 Å². The van der Waals surface area contributed by atoms with E-state index in [4.69, 9.17) is 4.74 Å². The third-order valence-corrected chi connectivity index (χ3v) is 8.52. The molecule has 7 unspecified atom stereocenters. The van der Waals surface area contributed by atoms with Gasteiger partial charge in [0.15, 0.2) is 0 Å². The second kappa shape index (κ2) is 4.99. The number of carbonyl (C=O) groups is 1. The fourth-order valence-electron chi connectivity index (χ4n) is 6.98. The summed E-state index contributed by atoms with van der Waals surface area (Å²) in [5.74, 6) is 5.75. The van der Waals surface area contributed by atoms with E-state index < -0.39 is 0 Å². The van der Waals surface area contributed by atoms with Crippen molar-refractivity contribution in [2.45, 2.75) is 78.7 Å². The van der Waals surface area contributed by atoms with Crippen molar-refractivity contribution in [3.8, 4) is 0 Å². The van der Waals surface area contributed by atoms with Gasteiger partial charge in [-0.25, -0.2) is 0 Å². The van der Waals surface area contributed by atoms with Crippen molar-refractivity contribution in [2.75, 3.05) is 0 Å². The van der Waals surface area contributed by atoms with Gasteiger partial charge in [0.05, 0.1) is 5.41 Å². The van der Waals surface area contributed by atoms with Crippen LogP contribution < -0.4 is 0 Å². The molecular weight excluding hydrogens is 284 g/mol. The molecule has 0 aromatic rings. The molecule has 0 amide bonds. The maximum absolute atomic E-state index is 12.9. The molecule has 2 heteroatoms. The number of fused-ring (bicyclic) bond motifs is 9. The third-order valence-electron chi connectivity index (χ3n) is 8.52. The molecule has 0 spiro atoms. The fourth-order valence-corrected chi connectivity index (χ4v) is 6.98. The first-order valence-electron chi connectivity index (χ1n) is 10.0. The van der Waals surface area contributed by atoms with E-state index in [9.17, 15) is 4.79 Å². The van der Waals surface area contributed by atoms with Crippen LogP contribution in [0.1, 0.15) is 73.1 Å². The molecule has 4 fully saturated rings. The largest absolute Gasteiger partial charge is 0.458 e. The van der Waals surface area contributed by atoms with Gasteiger partial charge in [-0.1, -0.05) is 20.8 Å². The molecule has 0 N–H and O–H groups in total. The zero-order valence-electron chi connectivity index (χ0n) is 15.6. The van der Waals surface area contributed by atoms with Crippen molar-refractivity contribution in [3.63, 3.8) is 0 Å². The lowest BCUT2D eigenvalue weighted by molar-refractivity contribution is -0.190. The lowest BCUT2D eigenvalue weighted by atomic mass is 9.63. The molecule has 4 aliphatic carbocycles. The van der Waals surface area contributed by atoms with Crippen LogP contribution in [0.5, 0.6) is 0 Å². The maximum atomic E-state index is 12.9. The monoisotopic (exact) mass is 318 g/mol. The topological polar surface area (TPSA) is 26.3 Å². The van der Waals surface area contributed by atoms with Gasteiger partial charge in [0.2, 0.25) is 0 Å². The van der Waals surface area contributed by atoms with Crippen molar-refractivity contribution < 1.29 is 9.53 Å². The van der Waals surface area contributed by atoms with Crippen LogP contribution >= 0.6 is 0 Å². The van der Waals surface area contributed by atoms with Gasteiger partial charge in [0, 0.05) is 5.92 Å². The molecule has 4 bridgehead atoms. The minimum absolute atomic E-state index is 0.0426. The Morgan fingerprint density at radius 2 is 1.78 bits per heavy atom. The van der Waals surface area contributed by atoms with E-state index in [1.165, 1.54) is 25.7 Å². The van der Waals surface area contributed by atoms with Gasteiger partial charge < -0.3 is 4.74 Å². The summed E-state index contributed by atoms with van der Waals surface area (Å²) in [6.07, 6.45) is 7.73. The van der Waals surface area contributed by atoms with Gasteiger partial charge in [-0.15, -0.1) is 0 Å². The SMILES string of the molecule is CCC(C)(C)C(=O)OC1(C(C)C)CC2CC1C1C3CCC(C3)C21. The summed E-state index contributed by atoms with van der Waals surface area (Å²) in [4.78, 5) is 12.9. The Hall–Kier alpha value is -0.530. The zero-order valence-corrected chi connectivity index (χ0v) is 15.6. The first kappa shape index (κ1) is 16.0. The van der Waals surface area contributed by atoms with E-state index in [1.807, 2.05) is 13.8 Å². The quantitative estimate of drug-likeness (QED) is 0.535. The molecule has 23 heavy (non-hydrogen) atoms. The van der Waals surface area contributed by atoms with E-state index in [0.717, 1.165) is 42.4 Å². The zero-order chi connectivity index (χ0) is 16.6. The summed E-state index contributed by atoms with van der Waals surface area (Å²) in [6.45, 7) is 10.7. The Kier molecular flexibility index (Phi) is 3.46. The van der Waals surface area contributed by atoms with E-state index in [1.54, 1.807) is 0 Å². The van der Waals surface area contributed by atoms with Gasteiger partial charge in [0.1, 0.15) is 5.60 Å². The fraction of sp³-hybridized carbons (Fsp3) is 0.952. The van der Waals surface area contributed by atoms with E-state index in [2.05, 4.69) is 20.8 Å². The normalized spacial score (nSPS) is 47.4. The molecule has 4 aliphatic rings. The molecular formula is C21H34O2. The van der Waals surface area contributed by atoms with Crippen LogP contribution in [0.25, 0.3) is 0 Å². The van der Waals surface area contributed by atoms with Crippen molar-refractivity contribution in [3.05, 3.63) is 0 Å². The second-order valence-corrected chi connectivity index (χ2v) is 10.0. The molecule has 0 heterocycles. The van der Waals surface area contributed by atoms with Crippen molar-refractivity contribution in [2.24, 2.45) is 46.8 Å². The van der Waals surface area contributed by atoms with E-state index in [0.29, 0.717) is 11.8 Å². The Morgan fingerprint density at radius 3 is 2.39 bits per heavy atom. The molecule has 0 aliphatic heterocycles. The Bertz CT molecular complexity index is 508. The molecule has 0 saturated heterocycles. The molecule has 7 atom stereocenters. The number of ether oxygens (including phenoxy) is 1. The molecule has 0 aromatic heterocycles. The van der Waals surface area contributed by atoms with Gasteiger partial charge in [0.25, 0.3) is 0 Å². The summed E-state index contributed by atoms with van der Waals surface area (Å²) >= 11 is 0. The number of esters is 1. The molecule has 4 rings (SSSR count). The predicted octanol–water partition coefficient (Wildman–Crippen LogP) is 5.06.